The van der Waals surface area contributed by atoms with Crippen molar-refractivity contribution in [1.29, 1.82) is 0 Å². The standard InChI is InChI=1S/C9H14BrNOS/c1-2-8(5-12)11-4-9-3-7(10)6-13-9/h3,6,8,11-12H,2,4-5H2,1H3/t8-/m1/s1. The third-order valence-corrected chi connectivity index (χ3v) is 3.60. The fourth-order valence-corrected chi connectivity index (χ4v) is 2.43. The Balaban J connectivity index is 2.33. The Morgan fingerprint density at radius 3 is 2.92 bits per heavy atom. The molecule has 74 valence electrons. The van der Waals surface area contributed by atoms with Gasteiger partial charge in [0.05, 0.1) is 6.61 Å². The number of hydrogen-bond acceptors (Lipinski definition) is 3. The zero-order valence-corrected chi connectivity index (χ0v) is 9.99. The van der Waals surface area contributed by atoms with E-state index in [1.165, 1.54) is 4.88 Å². The number of halogens is 1. The van der Waals surface area contributed by atoms with Crippen molar-refractivity contribution >= 4 is 27.3 Å². The topological polar surface area (TPSA) is 32.3 Å². The molecular weight excluding hydrogens is 250 g/mol. The van der Waals surface area contributed by atoms with E-state index in [2.05, 4.69) is 39.6 Å². The number of nitrogens with one attached hydrogen (secondary N) is 1. The first kappa shape index (κ1) is 11.2. The van der Waals surface area contributed by atoms with Gasteiger partial charge in [0.1, 0.15) is 0 Å². The van der Waals surface area contributed by atoms with Gasteiger partial charge < -0.3 is 10.4 Å². The van der Waals surface area contributed by atoms with Gasteiger partial charge in [-0.1, -0.05) is 6.92 Å². The average Bonchev–Trinajstić information content (AvgIpc) is 2.53. The van der Waals surface area contributed by atoms with Crippen LogP contribution in [0.15, 0.2) is 15.9 Å². The monoisotopic (exact) mass is 263 g/mol. The van der Waals surface area contributed by atoms with Crippen LogP contribution in [0.3, 0.4) is 0 Å². The molecule has 1 rings (SSSR count). The molecule has 0 saturated carbocycles. The van der Waals surface area contributed by atoms with E-state index in [1.807, 2.05) is 0 Å². The fourth-order valence-electron chi connectivity index (χ4n) is 1.03. The van der Waals surface area contributed by atoms with Gasteiger partial charge in [0.25, 0.3) is 0 Å². The lowest BCUT2D eigenvalue weighted by Gasteiger charge is -2.12. The number of aliphatic hydroxyl groups is 1. The van der Waals surface area contributed by atoms with Gasteiger partial charge in [0, 0.05) is 27.3 Å². The van der Waals surface area contributed by atoms with E-state index in [0.717, 1.165) is 17.4 Å². The zero-order chi connectivity index (χ0) is 9.68. The number of aliphatic hydroxyl groups excluding tert-OH is 1. The number of rotatable bonds is 5. The first-order valence-corrected chi connectivity index (χ1v) is 6.00. The van der Waals surface area contributed by atoms with E-state index in [4.69, 9.17) is 5.11 Å². The van der Waals surface area contributed by atoms with Gasteiger partial charge in [-0.2, -0.15) is 0 Å². The van der Waals surface area contributed by atoms with Crippen LogP contribution in [0.2, 0.25) is 0 Å². The van der Waals surface area contributed by atoms with Crippen LogP contribution in [-0.4, -0.2) is 17.8 Å². The van der Waals surface area contributed by atoms with Crippen molar-refractivity contribution in [3.05, 3.63) is 20.8 Å². The second kappa shape index (κ2) is 5.75. The van der Waals surface area contributed by atoms with Gasteiger partial charge in [0.2, 0.25) is 0 Å². The SMILES string of the molecule is CC[C@H](CO)NCc1cc(Br)cs1. The summed E-state index contributed by atoms with van der Waals surface area (Å²) in [4.78, 5) is 1.29. The minimum atomic E-state index is 0.211. The Morgan fingerprint density at radius 1 is 1.69 bits per heavy atom. The highest BCUT2D eigenvalue weighted by atomic mass is 79.9. The van der Waals surface area contributed by atoms with E-state index >= 15 is 0 Å². The normalized spacial score (nSPS) is 13.2. The third-order valence-electron chi connectivity index (χ3n) is 1.90. The highest BCUT2D eigenvalue weighted by Gasteiger charge is 2.04. The molecule has 0 amide bonds. The second-order valence-corrected chi connectivity index (χ2v) is 4.81. The molecule has 13 heavy (non-hydrogen) atoms. The Morgan fingerprint density at radius 2 is 2.46 bits per heavy atom. The van der Waals surface area contributed by atoms with E-state index in [-0.39, 0.29) is 12.6 Å². The summed E-state index contributed by atoms with van der Waals surface area (Å²) in [5, 5.41) is 14.3. The summed E-state index contributed by atoms with van der Waals surface area (Å²) in [5.41, 5.74) is 0. The molecule has 0 radical (unpaired) electrons. The molecule has 1 heterocycles. The molecule has 0 fully saturated rings. The minimum absolute atomic E-state index is 0.211. The van der Waals surface area contributed by atoms with Crippen molar-refractivity contribution in [3.63, 3.8) is 0 Å². The number of hydrogen-bond donors (Lipinski definition) is 2. The lowest BCUT2D eigenvalue weighted by atomic mass is 10.2. The van der Waals surface area contributed by atoms with Gasteiger partial charge in [-0.15, -0.1) is 11.3 Å². The third kappa shape index (κ3) is 3.77. The fraction of sp³-hybridized carbons (Fsp3) is 0.556. The summed E-state index contributed by atoms with van der Waals surface area (Å²) in [7, 11) is 0. The molecule has 2 nitrogen and oxygen atoms in total. The Kier molecular flexibility index (Phi) is 4.94. The van der Waals surface area contributed by atoms with Crippen LogP contribution in [0.5, 0.6) is 0 Å². The molecule has 0 aromatic carbocycles. The molecule has 0 spiro atoms. The van der Waals surface area contributed by atoms with Gasteiger partial charge >= 0.3 is 0 Å². The van der Waals surface area contributed by atoms with Crippen molar-refractivity contribution in [2.24, 2.45) is 0 Å². The molecule has 0 aliphatic rings. The van der Waals surface area contributed by atoms with Crippen LogP contribution >= 0.6 is 27.3 Å². The Bertz CT molecular complexity index is 248. The predicted molar refractivity (Wildman–Crippen MR) is 60.0 cm³/mol. The van der Waals surface area contributed by atoms with Crippen molar-refractivity contribution < 1.29 is 5.11 Å². The maximum atomic E-state index is 8.94. The van der Waals surface area contributed by atoms with Crippen LogP contribution in [0.25, 0.3) is 0 Å². The van der Waals surface area contributed by atoms with E-state index < -0.39 is 0 Å². The first-order valence-electron chi connectivity index (χ1n) is 4.33. The smallest absolute Gasteiger partial charge is 0.0584 e. The average molecular weight is 264 g/mol. The zero-order valence-electron chi connectivity index (χ0n) is 7.59. The predicted octanol–water partition coefficient (Wildman–Crippen LogP) is 2.37. The summed E-state index contributed by atoms with van der Waals surface area (Å²) in [5.74, 6) is 0. The largest absolute Gasteiger partial charge is 0.395 e. The molecule has 0 unspecified atom stereocenters. The Labute approximate surface area is 91.1 Å². The van der Waals surface area contributed by atoms with Crippen LogP contribution in [0, 0.1) is 0 Å². The Hall–Kier alpha value is 0.1000. The van der Waals surface area contributed by atoms with E-state index in [9.17, 15) is 0 Å². The van der Waals surface area contributed by atoms with Gasteiger partial charge in [-0.05, 0) is 28.4 Å². The molecule has 0 saturated heterocycles. The molecule has 1 aromatic heterocycles. The molecule has 1 atom stereocenters. The maximum absolute atomic E-state index is 8.94. The molecule has 0 aliphatic heterocycles. The maximum Gasteiger partial charge on any atom is 0.0584 e. The van der Waals surface area contributed by atoms with E-state index in [1.54, 1.807) is 11.3 Å². The molecule has 0 aliphatic carbocycles. The highest BCUT2D eigenvalue weighted by Crippen LogP contribution is 2.19. The summed E-state index contributed by atoms with van der Waals surface area (Å²) in [6, 6.07) is 2.32. The highest BCUT2D eigenvalue weighted by molar-refractivity contribution is 9.10. The van der Waals surface area contributed by atoms with Gasteiger partial charge in [-0.25, -0.2) is 0 Å². The lowest BCUT2D eigenvalue weighted by Crippen LogP contribution is -2.30. The van der Waals surface area contributed by atoms with Gasteiger partial charge in [0.15, 0.2) is 0 Å². The summed E-state index contributed by atoms with van der Waals surface area (Å²) in [6.07, 6.45) is 0.961. The summed E-state index contributed by atoms with van der Waals surface area (Å²) >= 11 is 5.13. The van der Waals surface area contributed by atoms with Crippen molar-refractivity contribution in [1.82, 2.24) is 5.32 Å². The van der Waals surface area contributed by atoms with Crippen molar-refractivity contribution in [3.8, 4) is 0 Å². The molecule has 2 N–H and O–H groups in total. The summed E-state index contributed by atoms with van der Waals surface area (Å²) in [6.45, 7) is 3.12. The lowest BCUT2D eigenvalue weighted by molar-refractivity contribution is 0.238. The molecular formula is C9H14BrNOS. The van der Waals surface area contributed by atoms with Gasteiger partial charge in [-0.3, -0.25) is 0 Å². The van der Waals surface area contributed by atoms with Crippen molar-refractivity contribution in [2.75, 3.05) is 6.61 Å². The van der Waals surface area contributed by atoms with Crippen molar-refractivity contribution in [2.45, 2.75) is 25.9 Å². The second-order valence-electron chi connectivity index (χ2n) is 2.90. The number of thiophene rings is 1. The molecule has 4 heteroatoms. The van der Waals surface area contributed by atoms with Crippen LogP contribution < -0.4 is 5.32 Å². The summed E-state index contributed by atoms with van der Waals surface area (Å²) < 4.78 is 1.13. The van der Waals surface area contributed by atoms with Crippen LogP contribution in [0.1, 0.15) is 18.2 Å². The van der Waals surface area contributed by atoms with Crippen LogP contribution in [0.4, 0.5) is 0 Å². The van der Waals surface area contributed by atoms with Crippen LogP contribution in [-0.2, 0) is 6.54 Å². The van der Waals surface area contributed by atoms with E-state index in [0.29, 0.717) is 0 Å². The molecule has 0 bridgehead atoms. The molecule has 1 aromatic rings. The minimum Gasteiger partial charge on any atom is -0.395 e. The first-order chi connectivity index (χ1) is 6.26. The quantitative estimate of drug-likeness (QED) is 0.855.